The molecular weight excluding hydrogens is 220 g/mol. The number of nitrogens with zero attached hydrogens (tertiary/aromatic N) is 1. The van der Waals surface area contributed by atoms with Gasteiger partial charge in [0.05, 0.1) is 0 Å². The number of likely N-dealkylation sites (N-methyl/N-ethyl adjacent to an activating group) is 1. The minimum Gasteiger partial charge on any atom is -0.312 e. The van der Waals surface area contributed by atoms with Gasteiger partial charge in [-0.3, -0.25) is 4.90 Å². The third kappa shape index (κ3) is 4.24. The van der Waals surface area contributed by atoms with Crippen molar-refractivity contribution in [2.45, 2.75) is 85.2 Å². The average Bonchev–Trinajstić information content (AvgIpc) is 2.41. The monoisotopic (exact) mass is 256 g/mol. The number of hydrogen-bond donors (Lipinski definition) is 1. The molecule has 1 N–H and O–H groups in total. The van der Waals surface area contributed by atoms with Crippen molar-refractivity contribution in [1.29, 1.82) is 0 Å². The number of hydrogen-bond acceptors (Lipinski definition) is 2. The zero-order chi connectivity index (χ0) is 14.0. The summed E-state index contributed by atoms with van der Waals surface area (Å²) in [5, 5.41) is 3.82. The summed E-state index contributed by atoms with van der Waals surface area (Å²) >= 11 is 0. The molecule has 0 aliphatic rings. The fourth-order valence-corrected chi connectivity index (χ4v) is 3.43. The Morgan fingerprint density at radius 2 is 1.44 bits per heavy atom. The maximum absolute atomic E-state index is 3.82. The van der Waals surface area contributed by atoms with E-state index in [9.17, 15) is 0 Å². The molecule has 1 unspecified atom stereocenters. The van der Waals surface area contributed by atoms with Gasteiger partial charge in [-0.2, -0.15) is 0 Å². The highest BCUT2D eigenvalue weighted by atomic mass is 15.2. The van der Waals surface area contributed by atoms with Gasteiger partial charge in [-0.25, -0.2) is 0 Å². The van der Waals surface area contributed by atoms with Crippen LogP contribution < -0.4 is 5.32 Å². The van der Waals surface area contributed by atoms with E-state index in [0.717, 1.165) is 19.6 Å². The van der Waals surface area contributed by atoms with E-state index in [0.29, 0.717) is 11.6 Å². The molecule has 0 fully saturated rings. The molecule has 1 atom stereocenters. The van der Waals surface area contributed by atoms with Crippen molar-refractivity contribution < 1.29 is 0 Å². The van der Waals surface area contributed by atoms with Crippen molar-refractivity contribution in [1.82, 2.24) is 10.2 Å². The molecule has 0 heterocycles. The minimum atomic E-state index is 0.342. The van der Waals surface area contributed by atoms with Crippen molar-refractivity contribution in [2.24, 2.45) is 0 Å². The van der Waals surface area contributed by atoms with E-state index in [-0.39, 0.29) is 0 Å². The summed E-state index contributed by atoms with van der Waals surface area (Å²) in [6, 6.07) is 0.636. The van der Waals surface area contributed by atoms with Crippen molar-refractivity contribution in [3.63, 3.8) is 0 Å². The molecular formula is C16H36N2. The maximum Gasteiger partial charge on any atom is 0.0357 e. The summed E-state index contributed by atoms with van der Waals surface area (Å²) in [4.78, 5) is 2.68. The van der Waals surface area contributed by atoms with Crippen LogP contribution in [0.1, 0.15) is 73.6 Å². The largest absolute Gasteiger partial charge is 0.312 e. The second kappa shape index (κ2) is 9.80. The molecule has 0 bridgehead atoms. The lowest BCUT2D eigenvalue weighted by atomic mass is 9.80. The lowest BCUT2D eigenvalue weighted by Crippen LogP contribution is -2.60. The topological polar surface area (TPSA) is 15.3 Å². The Balaban J connectivity index is 5.06. The fraction of sp³-hybridized carbons (Fsp3) is 1.00. The van der Waals surface area contributed by atoms with Crippen molar-refractivity contribution in [3.05, 3.63) is 0 Å². The van der Waals surface area contributed by atoms with Crippen LogP contribution in [0.25, 0.3) is 0 Å². The van der Waals surface area contributed by atoms with E-state index < -0.39 is 0 Å². The fourth-order valence-electron chi connectivity index (χ4n) is 3.43. The second-order valence-electron chi connectivity index (χ2n) is 5.28. The lowest BCUT2D eigenvalue weighted by molar-refractivity contribution is 0.0458. The van der Waals surface area contributed by atoms with E-state index in [1.54, 1.807) is 0 Å². The van der Waals surface area contributed by atoms with Gasteiger partial charge in [0.15, 0.2) is 0 Å². The van der Waals surface area contributed by atoms with Gasteiger partial charge in [-0.15, -0.1) is 0 Å². The molecule has 0 aromatic heterocycles. The molecule has 0 radical (unpaired) electrons. The van der Waals surface area contributed by atoms with Gasteiger partial charge in [0.2, 0.25) is 0 Å². The second-order valence-corrected chi connectivity index (χ2v) is 5.28. The molecule has 18 heavy (non-hydrogen) atoms. The first-order chi connectivity index (χ1) is 8.66. The first kappa shape index (κ1) is 17.9. The van der Waals surface area contributed by atoms with Crippen molar-refractivity contribution >= 4 is 0 Å². The zero-order valence-electron chi connectivity index (χ0n) is 13.7. The Morgan fingerprint density at radius 1 is 0.889 bits per heavy atom. The smallest absolute Gasteiger partial charge is 0.0357 e. The molecule has 0 amide bonds. The van der Waals surface area contributed by atoms with Crippen molar-refractivity contribution in [3.8, 4) is 0 Å². The van der Waals surface area contributed by atoms with Crippen LogP contribution in [0.2, 0.25) is 0 Å². The van der Waals surface area contributed by atoms with Crippen LogP contribution in [0.4, 0.5) is 0 Å². The summed E-state index contributed by atoms with van der Waals surface area (Å²) in [6.07, 6.45) is 6.27. The SMILES string of the molecule is CCCNC(CCC)C(CC)(CC)N(CC)CC. The predicted octanol–water partition coefficient (Wildman–Crippen LogP) is 4.06. The third-order valence-electron chi connectivity index (χ3n) is 4.48. The van der Waals surface area contributed by atoms with Gasteiger partial charge < -0.3 is 5.32 Å². The van der Waals surface area contributed by atoms with Gasteiger partial charge in [0.25, 0.3) is 0 Å². The predicted molar refractivity (Wildman–Crippen MR) is 83.2 cm³/mol. The lowest BCUT2D eigenvalue weighted by Gasteiger charge is -2.48. The highest BCUT2D eigenvalue weighted by Gasteiger charge is 2.38. The Bertz CT molecular complexity index is 184. The highest BCUT2D eigenvalue weighted by Crippen LogP contribution is 2.30. The van der Waals surface area contributed by atoms with E-state index in [2.05, 4.69) is 51.8 Å². The van der Waals surface area contributed by atoms with Crippen LogP contribution >= 0.6 is 0 Å². The molecule has 0 aromatic carbocycles. The van der Waals surface area contributed by atoms with Crippen LogP contribution in [-0.4, -0.2) is 36.1 Å². The van der Waals surface area contributed by atoms with Crippen LogP contribution in [-0.2, 0) is 0 Å². The molecule has 0 spiro atoms. The van der Waals surface area contributed by atoms with E-state index >= 15 is 0 Å². The summed E-state index contributed by atoms with van der Waals surface area (Å²) in [7, 11) is 0. The van der Waals surface area contributed by atoms with E-state index in [4.69, 9.17) is 0 Å². The summed E-state index contributed by atoms with van der Waals surface area (Å²) in [5.74, 6) is 0. The first-order valence-electron chi connectivity index (χ1n) is 8.14. The molecule has 0 aromatic rings. The Labute approximate surface area is 116 Å². The average molecular weight is 256 g/mol. The molecule has 110 valence electrons. The summed E-state index contributed by atoms with van der Waals surface area (Å²) < 4.78 is 0. The first-order valence-corrected chi connectivity index (χ1v) is 8.14. The van der Waals surface area contributed by atoms with Crippen LogP contribution in [0.3, 0.4) is 0 Å². The van der Waals surface area contributed by atoms with Gasteiger partial charge in [-0.1, -0.05) is 48.0 Å². The standard InChI is InChI=1S/C16H36N2/c1-7-13-15(17-14-8-2)16(9-3,10-4)18(11-5)12-6/h15,17H,7-14H2,1-6H3. The summed E-state index contributed by atoms with van der Waals surface area (Å²) in [6.45, 7) is 17.3. The van der Waals surface area contributed by atoms with Gasteiger partial charge >= 0.3 is 0 Å². The van der Waals surface area contributed by atoms with Crippen LogP contribution in [0, 0.1) is 0 Å². The summed E-state index contributed by atoms with van der Waals surface area (Å²) in [5.41, 5.74) is 0.342. The van der Waals surface area contributed by atoms with E-state index in [1.165, 1.54) is 32.1 Å². The third-order valence-corrected chi connectivity index (χ3v) is 4.48. The van der Waals surface area contributed by atoms with Gasteiger partial charge in [0, 0.05) is 11.6 Å². The molecule has 0 saturated carbocycles. The Hall–Kier alpha value is -0.0800. The van der Waals surface area contributed by atoms with Gasteiger partial charge in [-0.05, 0) is 45.3 Å². The molecule has 2 heteroatoms. The normalized spacial score (nSPS) is 14.2. The van der Waals surface area contributed by atoms with Crippen molar-refractivity contribution in [2.75, 3.05) is 19.6 Å². The van der Waals surface area contributed by atoms with Crippen LogP contribution in [0.15, 0.2) is 0 Å². The molecule has 0 saturated heterocycles. The number of rotatable bonds is 11. The molecule has 2 nitrogen and oxygen atoms in total. The Kier molecular flexibility index (Phi) is 9.76. The zero-order valence-corrected chi connectivity index (χ0v) is 13.7. The Morgan fingerprint density at radius 3 is 1.78 bits per heavy atom. The maximum atomic E-state index is 3.82. The minimum absolute atomic E-state index is 0.342. The van der Waals surface area contributed by atoms with Crippen LogP contribution in [0.5, 0.6) is 0 Å². The molecule has 0 aliphatic heterocycles. The molecule has 0 rings (SSSR count). The highest BCUT2D eigenvalue weighted by molar-refractivity contribution is 4.98. The van der Waals surface area contributed by atoms with Gasteiger partial charge in [0.1, 0.15) is 0 Å². The van der Waals surface area contributed by atoms with E-state index in [1.807, 2.05) is 0 Å². The quantitative estimate of drug-likeness (QED) is 0.600. The number of nitrogens with one attached hydrogen (secondary N) is 1. The molecule has 0 aliphatic carbocycles.